The van der Waals surface area contributed by atoms with Gasteiger partial charge in [0.25, 0.3) is 5.79 Å². The van der Waals surface area contributed by atoms with Crippen LogP contribution in [-0.4, -0.2) is 23.5 Å². The number of ether oxygens (including phenoxy) is 3. The van der Waals surface area contributed by atoms with Crippen molar-refractivity contribution in [3.8, 4) is 28.4 Å². The molecule has 1 aliphatic heterocycles. The molecule has 0 atom stereocenters. The number of aliphatic carboxylic acids is 1. The van der Waals surface area contributed by atoms with Gasteiger partial charge in [-0.2, -0.15) is 0 Å². The molecule has 0 radical (unpaired) electrons. The van der Waals surface area contributed by atoms with Gasteiger partial charge in [0.1, 0.15) is 0 Å². The van der Waals surface area contributed by atoms with E-state index >= 15 is 0 Å². The number of carboxylic acids is 1. The van der Waals surface area contributed by atoms with Crippen LogP contribution in [0.5, 0.6) is 17.2 Å². The Morgan fingerprint density at radius 1 is 1.19 bits per heavy atom. The predicted molar refractivity (Wildman–Crippen MR) is 96.7 cm³/mol. The molecule has 0 unspecified atom stereocenters. The summed E-state index contributed by atoms with van der Waals surface area (Å²) in [7, 11) is 0. The summed E-state index contributed by atoms with van der Waals surface area (Å²) in [5.74, 6) is -0.479. The van der Waals surface area contributed by atoms with Gasteiger partial charge in [-0.25, -0.2) is 4.39 Å². The van der Waals surface area contributed by atoms with Crippen LogP contribution in [0.15, 0.2) is 36.4 Å². The third kappa shape index (κ3) is 3.56. The lowest BCUT2D eigenvalue weighted by atomic mass is 10.0. The van der Waals surface area contributed by atoms with Crippen LogP contribution in [0, 0.1) is 5.82 Å². The average Bonchev–Trinajstić information content (AvgIpc) is 3.25. The molecular weight excluding hydrogens is 351 g/mol. The Labute approximate surface area is 156 Å². The molecule has 1 fully saturated rings. The Morgan fingerprint density at radius 2 is 2.00 bits per heavy atom. The minimum Gasteiger partial charge on any atom is -0.491 e. The molecule has 0 saturated heterocycles. The van der Waals surface area contributed by atoms with Crippen molar-refractivity contribution in [1.82, 2.24) is 0 Å². The highest BCUT2D eigenvalue weighted by atomic mass is 19.1. The van der Waals surface area contributed by atoms with Crippen molar-refractivity contribution in [2.45, 2.75) is 44.3 Å². The summed E-state index contributed by atoms with van der Waals surface area (Å²) >= 11 is 0. The van der Waals surface area contributed by atoms with E-state index in [0.29, 0.717) is 23.5 Å². The Kier molecular flexibility index (Phi) is 4.64. The molecule has 5 nitrogen and oxygen atoms in total. The second kappa shape index (κ2) is 7.10. The third-order valence-electron chi connectivity index (χ3n) is 4.96. The number of rotatable bonds is 6. The van der Waals surface area contributed by atoms with Crippen molar-refractivity contribution in [2.75, 3.05) is 6.61 Å². The van der Waals surface area contributed by atoms with Crippen LogP contribution in [0.2, 0.25) is 0 Å². The van der Waals surface area contributed by atoms with E-state index in [1.165, 1.54) is 6.07 Å². The lowest BCUT2D eigenvalue weighted by molar-refractivity contribution is -0.137. The van der Waals surface area contributed by atoms with Crippen molar-refractivity contribution in [3.63, 3.8) is 0 Å². The highest BCUT2D eigenvalue weighted by molar-refractivity contribution is 5.75. The summed E-state index contributed by atoms with van der Waals surface area (Å²) < 4.78 is 32.1. The standard InChI is InChI=1S/C21H21FO5/c22-16-13-14(8-9-17(16)25-12-4-7-19(23)24)15-5-3-6-18-20(15)27-21(26-18)10-1-2-11-21/h3,5-6,8-9,13H,1-2,4,7,10-12H2,(H,23,24). The van der Waals surface area contributed by atoms with Crippen LogP contribution in [0.3, 0.4) is 0 Å². The van der Waals surface area contributed by atoms with E-state index in [4.69, 9.17) is 19.3 Å². The maximum Gasteiger partial charge on any atom is 0.303 e. The molecular formula is C21H21FO5. The van der Waals surface area contributed by atoms with E-state index < -0.39 is 17.6 Å². The van der Waals surface area contributed by atoms with Crippen LogP contribution in [-0.2, 0) is 4.79 Å². The summed E-state index contributed by atoms with van der Waals surface area (Å²) in [6.07, 6.45) is 4.19. The Bertz CT molecular complexity index is 858. The lowest BCUT2D eigenvalue weighted by Gasteiger charge is -2.21. The molecule has 2 aromatic rings. The molecule has 27 heavy (non-hydrogen) atoms. The summed E-state index contributed by atoms with van der Waals surface area (Å²) in [6, 6.07) is 10.4. The van der Waals surface area contributed by atoms with Crippen LogP contribution in [0.25, 0.3) is 11.1 Å². The molecule has 1 heterocycles. The number of carbonyl (C=O) groups is 1. The summed E-state index contributed by atoms with van der Waals surface area (Å²) in [6.45, 7) is 0.156. The van der Waals surface area contributed by atoms with Gasteiger partial charge in [-0.1, -0.05) is 18.2 Å². The first-order chi connectivity index (χ1) is 13.1. The molecule has 4 rings (SSSR count). The Balaban J connectivity index is 1.53. The maximum absolute atomic E-state index is 14.5. The van der Waals surface area contributed by atoms with Crippen LogP contribution in [0.4, 0.5) is 4.39 Å². The first kappa shape index (κ1) is 17.6. The minimum atomic E-state index is -0.894. The monoisotopic (exact) mass is 372 g/mol. The maximum atomic E-state index is 14.5. The van der Waals surface area contributed by atoms with Gasteiger partial charge in [-0.15, -0.1) is 0 Å². The number of benzene rings is 2. The number of hydrogen-bond donors (Lipinski definition) is 1. The van der Waals surface area contributed by atoms with Crippen molar-refractivity contribution >= 4 is 5.97 Å². The topological polar surface area (TPSA) is 65.0 Å². The largest absolute Gasteiger partial charge is 0.491 e. The fourth-order valence-corrected chi connectivity index (χ4v) is 3.64. The fraction of sp³-hybridized carbons (Fsp3) is 0.381. The number of fused-ring (bicyclic) bond motifs is 1. The van der Waals surface area contributed by atoms with Gasteiger partial charge in [0.2, 0.25) is 0 Å². The number of halogens is 1. The van der Waals surface area contributed by atoms with Gasteiger partial charge < -0.3 is 19.3 Å². The van der Waals surface area contributed by atoms with Crippen molar-refractivity contribution < 1.29 is 28.5 Å². The first-order valence-corrected chi connectivity index (χ1v) is 9.22. The van der Waals surface area contributed by atoms with Crippen LogP contribution >= 0.6 is 0 Å². The summed E-state index contributed by atoms with van der Waals surface area (Å²) in [5.41, 5.74) is 1.47. The van der Waals surface area contributed by atoms with Gasteiger partial charge in [0.15, 0.2) is 23.1 Å². The van der Waals surface area contributed by atoms with E-state index in [-0.39, 0.29) is 18.8 Å². The van der Waals surface area contributed by atoms with E-state index in [9.17, 15) is 9.18 Å². The zero-order valence-corrected chi connectivity index (χ0v) is 14.9. The van der Waals surface area contributed by atoms with Gasteiger partial charge in [-0.05, 0) is 43.0 Å². The Morgan fingerprint density at radius 3 is 2.74 bits per heavy atom. The highest BCUT2D eigenvalue weighted by Crippen LogP contribution is 2.50. The quantitative estimate of drug-likeness (QED) is 0.740. The molecule has 0 amide bonds. The highest BCUT2D eigenvalue weighted by Gasteiger charge is 2.44. The van der Waals surface area contributed by atoms with Gasteiger partial charge in [0.05, 0.1) is 6.61 Å². The van der Waals surface area contributed by atoms with Gasteiger partial charge in [-0.3, -0.25) is 4.79 Å². The molecule has 1 saturated carbocycles. The lowest BCUT2D eigenvalue weighted by Crippen LogP contribution is -2.34. The summed E-state index contributed by atoms with van der Waals surface area (Å²) in [4.78, 5) is 10.5. The smallest absolute Gasteiger partial charge is 0.303 e. The molecule has 0 aromatic heterocycles. The number of hydrogen-bond acceptors (Lipinski definition) is 4. The van der Waals surface area contributed by atoms with E-state index in [2.05, 4.69) is 0 Å². The van der Waals surface area contributed by atoms with E-state index in [1.807, 2.05) is 18.2 Å². The minimum absolute atomic E-state index is 0.00502. The molecule has 1 aliphatic carbocycles. The zero-order valence-electron chi connectivity index (χ0n) is 14.9. The zero-order chi connectivity index (χ0) is 18.9. The average molecular weight is 372 g/mol. The van der Waals surface area contributed by atoms with Crippen molar-refractivity contribution in [2.24, 2.45) is 0 Å². The molecule has 0 bridgehead atoms. The summed E-state index contributed by atoms with van der Waals surface area (Å²) in [5, 5.41) is 8.63. The predicted octanol–water partition coefficient (Wildman–Crippen LogP) is 4.78. The molecule has 2 aromatic carbocycles. The van der Waals surface area contributed by atoms with Crippen molar-refractivity contribution in [3.05, 3.63) is 42.2 Å². The van der Waals surface area contributed by atoms with Crippen LogP contribution in [0.1, 0.15) is 38.5 Å². The van der Waals surface area contributed by atoms with Crippen LogP contribution < -0.4 is 14.2 Å². The molecule has 1 N–H and O–H groups in total. The van der Waals surface area contributed by atoms with Crippen molar-refractivity contribution in [1.29, 1.82) is 0 Å². The molecule has 2 aliphatic rings. The Hall–Kier alpha value is -2.76. The van der Waals surface area contributed by atoms with Gasteiger partial charge in [0, 0.05) is 24.8 Å². The van der Waals surface area contributed by atoms with Gasteiger partial charge >= 0.3 is 5.97 Å². The normalized spacial score (nSPS) is 16.6. The second-order valence-electron chi connectivity index (χ2n) is 6.95. The SMILES string of the molecule is O=C(O)CCCOc1ccc(-c2cccc3c2OC2(CCCC2)O3)cc1F. The number of para-hydroxylation sites is 1. The fourth-order valence-electron chi connectivity index (χ4n) is 3.64. The third-order valence-corrected chi connectivity index (χ3v) is 4.96. The van der Waals surface area contributed by atoms with E-state index in [0.717, 1.165) is 31.2 Å². The second-order valence-corrected chi connectivity index (χ2v) is 6.95. The van der Waals surface area contributed by atoms with E-state index in [1.54, 1.807) is 12.1 Å². The molecule has 142 valence electrons. The molecule has 1 spiro atoms. The first-order valence-electron chi connectivity index (χ1n) is 9.22. The number of carboxylic acid groups (broad SMARTS) is 1. The molecule has 6 heteroatoms.